The van der Waals surface area contributed by atoms with Gasteiger partial charge in [-0.2, -0.15) is 9.57 Å². The van der Waals surface area contributed by atoms with E-state index in [1.54, 1.807) is 12.1 Å². The molecule has 1 amide bonds. The van der Waals surface area contributed by atoms with Crippen LogP contribution in [0.5, 0.6) is 0 Å². The van der Waals surface area contributed by atoms with Gasteiger partial charge in [0.15, 0.2) is 0 Å². The van der Waals surface area contributed by atoms with Crippen molar-refractivity contribution in [3.05, 3.63) is 71.0 Å². The number of halogens is 1. The number of nitriles is 1. The fraction of sp³-hybridized carbons (Fsp3) is 0.500. The van der Waals surface area contributed by atoms with Crippen LogP contribution < -0.4 is 5.32 Å². The van der Waals surface area contributed by atoms with E-state index in [4.69, 9.17) is 4.74 Å². The van der Waals surface area contributed by atoms with E-state index in [0.29, 0.717) is 57.3 Å². The lowest BCUT2D eigenvalue weighted by Crippen LogP contribution is -2.51. The van der Waals surface area contributed by atoms with Crippen LogP contribution >= 0.6 is 0 Å². The molecular formula is C28H32FN3O4S. The average Bonchev–Trinajstić information content (AvgIpc) is 3.67. The van der Waals surface area contributed by atoms with Crippen LogP contribution in [0.2, 0.25) is 0 Å². The van der Waals surface area contributed by atoms with Crippen molar-refractivity contribution < 1.29 is 22.3 Å². The average molecular weight is 526 g/mol. The van der Waals surface area contributed by atoms with Gasteiger partial charge in [0, 0.05) is 31.4 Å². The highest BCUT2D eigenvalue weighted by molar-refractivity contribution is 7.89. The lowest BCUT2D eigenvalue weighted by molar-refractivity contribution is -0.131. The first-order valence-corrected chi connectivity index (χ1v) is 14.4. The molecule has 2 aromatic carbocycles. The summed E-state index contributed by atoms with van der Waals surface area (Å²) in [7, 11) is -3.70. The molecule has 1 saturated carbocycles. The van der Waals surface area contributed by atoms with Crippen LogP contribution in [0.1, 0.15) is 67.4 Å². The lowest BCUT2D eigenvalue weighted by atomic mass is 9.73. The standard InChI is InChI=1S/C28H32FN3O4S/c1-20-7-10-25(21-5-3-2-4-6-21)37(34,35)32(20)18-22-8-9-23(17-24(22)29)28(13-15-36-16-14-28)26(33)31-27(19-30)11-12-27/h2-6,8-9,17,20,25H,7,10-16,18H2,1H3,(H,31,33)/t20-,25+/m0/s1. The van der Waals surface area contributed by atoms with Crippen LogP contribution in [-0.2, 0) is 31.5 Å². The van der Waals surface area contributed by atoms with Crippen molar-refractivity contribution in [3.8, 4) is 6.07 Å². The second-order valence-electron chi connectivity index (χ2n) is 10.6. The highest BCUT2D eigenvalue weighted by atomic mass is 32.2. The minimum absolute atomic E-state index is 0.0706. The Morgan fingerprint density at radius 3 is 2.46 bits per heavy atom. The Morgan fingerprint density at radius 1 is 1.14 bits per heavy atom. The summed E-state index contributed by atoms with van der Waals surface area (Å²) in [4.78, 5) is 13.4. The molecule has 2 aromatic rings. The molecule has 37 heavy (non-hydrogen) atoms. The molecule has 0 radical (unpaired) electrons. The SMILES string of the molecule is C[C@H]1CC[C@H](c2ccccc2)S(=O)(=O)N1Cc1ccc(C2(C(=O)NC3(C#N)CC3)CCOCC2)cc1F. The van der Waals surface area contributed by atoms with Gasteiger partial charge in [0.25, 0.3) is 0 Å². The van der Waals surface area contributed by atoms with Gasteiger partial charge >= 0.3 is 0 Å². The molecule has 196 valence electrons. The molecule has 0 bridgehead atoms. The van der Waals surface area contributed by atoms with E-state index in [0.717, 1.165) is 5.56 Å². The zero-order valence-corrected chi connectivity index (χ0v) is 21.8. The van der Waals surface area contributed by atoms with Crippen molar-refractivity contribution >= 4 is 15.9 Å². The van der Waals surface area contributed by atoms with Crippen LogP contribution in [0.15, 0.2) is 48.5 Å². The van der Waals surface area contributed by atoms with Gasteiger partial charge in [-0.25, -0.2) is 12.8 Å². The number of ether oxygens (including phenoxy) is 1. The molecule has 2 saturated heterocycles. The Labute approximate surface area is 217 Å². The predicted molar refractivity (Wildman–Crippen MR) is 136 cm³/mol. The van der Waals surface area contributed by atoms with E-state index in [1.165, 1.54) is 10.4 Å². The van der Waals surface area contributed by atoms with Gasteiger partial charge in [0.2, 0.25) is 15.9 Å². The Bertz CT molecular complexity index is 1310. The molecule has 0 spiro atoms. The van der Waals surface area contributed by atoms with Gasteiger partial charge in [-0.05, 0) is 62.6 Å². The van der Waals surface area contributed by atoms with Crippen LogP contribution in [-0.4, -0.2) is 43.4 Å². The number of hydrogen-bond acceptors (Lipinski definition) is 5. The third-order valence-electron chi connectivity index (χ3n) is 8.23. The summed E-state index contributed by atoms with van der Waals surface area (Å²) in [6.45, 7) is 2.51. The van der Waals surface area contributed by atoms with Crippen molar-refractivity contribution in [1.82, 2.24) is 9.62 Å². The number of sulfonamides is 1. The first-order valence-electron chi connectivity index (χ1n) is 12.9. The minimum atomic E-state index is -3.70. The largest absolute Gasteiger partial charge is 0.381 e. The minimum Gasteiger partial charge on any atom is -0.381 e. The lowest BCUT2D eigenvalue weighted by Gasteiger charge is -2.38. The Kier molecular flexibility index (Phi) is 6.86. The number of carbonyl (C=O) groups excluding carboxylic acids is 1. The van der Waals surface area contributed by atoms with Crippen molar-refractivity contribution in [2.45, 2.75) is 74.2 Å². The molecule has 0 aromatic heterocycles. The van der Waals surface area contributed by atoms with Crippen molar-refractivity contribution in [2.24, 2.45) is 0 Å². The number of hydrogen-bond donors (Lipinski definition) is 1. The Balaban J connectivity index is 1.42. The van der Waals surface area contributed by atoms with E-state index >= 15 is 4.39 Å². The Morgan fingerprint density at radius 2 is 1.84 bits per heavy atom. The van der Waals surface area contributed by atoms with Crippen molar-refractivity contribution in [1.29, 1.82) is 5.26 Å². The molecule has 2 atom stereocenters. The van der Waals surface area contributed by atoms with Crippen LogP contribution in [0.3, 0.4) is 0 Å². The van der Waals surface area contributed by atoms with E-state index in [9.17, 15) is 18.5 Å². The number of nitrogens with one attached hydrogen (secondary N) is 1. The first kappa shape index (κ1) is 25.8. The molecule has 1 N–H and O–H groups in total. The highest BCUT2D eigenvalue weighted by Gasteiger charge is 2.50. The van der Waals surface area contributed by atoms with Crippen LogP contribution in [0.4, 0.5) is 4.39 Å². The number of rotatable bonds is 6. The maximum atomic E-state index is 15.6. The normalized spacial score (nSPS) is 26.1. The third-order valence-corrected chi connectivity index (χ3v) is 10.6. The zero-order valence-electron chi connectivity index (χ0n) is 21.0. The van der Waals surface area contributed by atoms with Gasteiger partial charge in [0.05, 0.1) is 11.5 Å². The monoisotopic (exact) mass is 525 g/mol. The quantitative estimate of drug-likeness (QED) is 0.612. The maximum absolute atomic E-state index is 15.6. The first-order chi connectivity index (χ1) is 17.7. The van der Waals surface area contributed by atoms with Crippen molar-refractivity contribution in [3.63, 3.8) is 0 Å². The molecular weight excluding hydrogens is 493 g/mol. The van der Waals surface area contributed by atoms with Gasteiger partial charge in [-0.1, -0.05) is 42.5 Å². The van der Waals surface area contributed by atoms with Gasteiger partial charge < -0.3 is 10.1 Å². The molecule has 5 rings (SSSR count). The highest BCUT2D eigenvalue weighted by Crippen LogP contribution is 2.41. The van der Waals surface area contributed by atoms with E-state index in [2.05, 4.69) is 11.4 Å². The molecule has 7 nitrogen and oxygen atoms in total. The summed E-state index contributed by atoms with van der Waals surface area (Å²) in [5.74, 6) is -0.818. The Hall–Kier alpha value is -2.80. The van der Waals surface area contributed by atoms with E-state index in [1.807, 2.05) is 37.3 Å². The van der Waals surface area contributed by atoms with Gasteiger partial charge in [-0.15, -0.1) is 0 Å². The smallest absolute Gasteiger partial charge is 0.232 e. The molecule has 2 heterocycles. The van der Waals surface area contributed by atoms with Crippen LogP contribution in [0.25, 0.3) is 0 Å². The van der Waals surface area contributed by atoms with E-state index < -0.39 is 32.0 Å². The van der Waals surface area contributed by atoms with Gasteiger partial charge in [-0.3, -0.25) is 4.79 Å². The second-order valence-corrected chi connectivity index (χ2v) is 12.6. The number of nitrogens with zero attached hydrogens (tertiary/aromatic N) is 2. The number of carbonyl (C=O) groups is 1. The summed E-state index contributed by atoms with van der Waals surface area (Å²) in [5.41, 5.74) is -0.276. The summed E-state index contributed by atoms with van der Waals surface area (Å²) in [5, 5.41) is 11.7. The fourth-order valence-electron chi connectivity index (χ4n) is 5.59. The van der Waals surface area contributed by atoms with Crippen molar-refractivity contribution in [2.75, 3.05) is 13.2 Å². The zero-order chi connectivity index (χ0) is 26.3. The summed E-state index contributed by atoms with van der Waals surface area (Å²) >= 11 is 0. The molecule has 3 fully saturated rings. The molecule has 2 aliphatic heterocycles. The summed E-state index contributed by atoms with van der Waals surface area (Å²) in [6.07, 6.45) is 3.20. The predicted octanol–water partition coefficient (Wildman–Crippen LogP) is 4.10. The molecule has 0 unspecified atom stereocenters. The maximum Gasteiger partial charge on any atom is 0.232 e. The second kappa shape index (κ2) is 9.82. The third kappa shape index (κ3) is 4.78. The van der Waals surface area contributed by atoms with Crippen LogP contribution in [0, 0.1) is 17.1 Å². The summed E-state index contributed by atoms with van der Waals surface area (Å²) < 4.78 is 49.6. The topological polar surface area (TPSA) is 99.5 Å². The molecule has 9 heteroatoms. The number of benzene rings is 2. The summed E-state index contributed by atoms with van der Waals surface area (Å²) in [6, 6.07) is 15.8. The van der Waals surface area contributed by atoms with Gasteiger partial charge in [0.1, 0.15) is 16.6 Å². The fourth-order valence-corrected chi connectivity index (χ4v) is 7.77. The molecule has 3 aliphatic rings. The number of amides is 1. The molecule has 1 aliphatic carbocycles. The van der Waals surface area contributed by atoms with E-state index in [-0.39, 0.29) is 24.1 Å².